The molecule has 0 aliphatic heterocycles. The van der Waals surface area contributed by atoms with Crippen LogP contribution in [0.25, 0.3) is 0 Å². The van der Waals surface area contributed by atoms with Gasteiger partial charge in [0.05, 0.1) is 27.9 Å². The summed E-state index contributed by atoms with van der Waals surface area (Å²) in [4.78, 5) is 28.7. The number of carbonyl (C=O) groups excluding carboxylic acids is 2. The quantitative estimate of drug-likeness (QED) is 0.124. The number of ether oxygens (including phenoxy) is 4. The van der Waals surface area contributed by atoms with Crippen molar-refractivity contribution in [2.45, 2.75) is 63.7 Å². The van der Waals surface area contributed by atoms with Crippen LogP contribution in [0.15, 0.2) is 85.5 Å². The van der Waals surface area contributed by atoms with E-state index in [1.54, 1.807) is 4.90 Å². The fourth-order valence-electron chi connectivity index (χ4n) is 6.22. The summed E-state index contributed by atoms with van der Waals surface area (Å²) < 4.78 is 38.8. The lowest BCUT2D eigenvalue weighted by atomic mass is 9.82. The number of ketones is 1. The van der Waals surface area contributed by atoms with Crippen molar-refractivity contribution in [3.63, 3.8) is 0 Å². The Morgan fingerprint density at radius 3 is 1.91 bits per heavy atom. The lowest BCUT2D eigenvalue weighted by molar-refractivity contribution is -0.132. The molecule has 3 aromatic carbocycles. The molecule has 0 N–H and O–H groups in total. The molecule has 1 aliphatic carbocycles. The van der Waals surface area contributed by atoms with E-state index in [4.69, 9.17) is 18.9 Å². The van der Waals surface area contributed by atoms with Crippen LogP contribution in [0.4, 0.5) is 9.18 Å². The molecule has 246 valence electrons. The molecule has 0 heterocycles. The van der Waals surface area contributed by atoms with Gasteiger partial charge in [0, 0.05) is 31.5 Å². The van der Waals surface area contributed by atoms with Gasteiger partial charge in [-0.25, -0.2) is 9.18 Å². The molecule has 46 heavy (non-hydrogen) atoms. The molecular weight excluding hydrogens is 585 g/mol. The van der Waals surface area contributed by atoms with Crippen LogP contribution >= 0.6 is 0 Å². The van der Waals surface area contributed by atoms with Crippen LogP contribution < -0.4 is 14.2 Å². The molecule has 1 fully saturated rings. The Morgan fingerprint density at radius 1 is 0.848 bits per heavy atom. The van der Waals surface area contributed by atoms with Crippen molar-refractivity contribution in [2.75, 3.05) is 27.9 Å². The van der Waals surface area contributed by atoms with Gasteiger partial charge in [0.25, 0.3) is 0 Å². The maximum Gasteiger partial charge on any atom is 0.410 e. The highest BCUT2D eigenvalue weighted by atomic mass is 19.1. The van der Waals surface area contributed by atoms with E-state index >= 15 is 4.39 Å². The maximum absolute atomic E-state index is 16.7. The third-order valence-corrected chi connectivity index (χ3v) is 8.81. The standard InChI is InChI=1S/C38H46FNO6/c1-5-21-38(39,32-23-33(43-2)36(45-4)34(24-32)44-3)35(41)22-28-17-12-18-31(20-19-28)27-46-37(42)40(25-29-13-8-6-9-14-29)26-30-15-10-7-11-16-30/h5-11,13-16,23-24,28,31H,1,12,17-22,25-27H2,2-4H3/t28?,31-,38?/m1/s1. The number of hydrogen-bond acceptors (Lipinski definition) is 6. The molecule has 2 unspecified atom stereocenters. The third-order valence-electron chi connectivity index (χ3n) is 8.81. The van der Waals surface area contributed by atoms with E-state index in [1.807, 2.05) is 60.7 Å². The monoisotopic (exact) mass is 631 g/mol. The minimum Gasteiger partial charge on any atom is -0.493 e. The molecule has 1 amide bonds. The number of halogens is 1. The van der Waals surface area contributed by atoms with Crippen molar-refractivity contribution in [3.8, 4) is 17.2 Å². The number of benzene rings is 3. The van der Waals surface area contributed by atoms with Gasteiger partial charge in [-0.1, -0.05) is 79.6 Å². The first-order valence-corrected chi connectivity index (χ1v) is 15.9. The summed E-state index contributed by atoms with van der Waals surface area (Å²) in [5.74, 6) is 0.623. The lowest BCUT2D eigenvalue weighted by Gasteiger charge is -2.27. The van der Waals surface area contributed by atoms with Gasteiger partial charge >= 0.3 is 6.09 Å². The number of carbonyl (C=O) groups is 2. The van der Waals surface area contributed by atoms with Crippen LogP contribution in [0, 0.1) is 11.8 Å². The van der Waals surface area contributed by atoms with E-state index in [1.165, 1.54) is 39.5 Å². The molecule has 0 aromatic heterocycles. The summed E-state index contributed by atoms with van der Waals surface area (Å²) in [5, 5.41) is 0. The molecule has 0 saturated heterocycles. The van der Waals surface area contributed by atoms with Crippen LogP contribution in [-0.2, 0) is 28.3 Å². The molecule has 1 saturated carbocycles. The Kier molecular flexibility index (Phi) is 12.6. The highest BCUT2D eigenvalue weighted by Gasteiger charge is 2.41. The van der Waals surface area contributed by atoms with Crippen LogP contribution in [0.2, 0.25) is 0 Å². The highest BCUT2D eigenvalue weighted by molar-refractivity contribution is 5.89. The highest BCUT2D eigenvalue weighted by Crippen LogP contribution is 2.44. The van der Waals surface area contributed by atoms with Gasteiger partial charge in [-0.2, -0.15) is 0 Å². The number of rotatable bonds is 15. The molecule has 7 nitrogen and oxygen atoms in total. The second kappa shape index (κ2) is 16.8. The summed E-state index contributed by atoms with van der Waals surface area (Å²) in [6.45, 7) is 4.93. The summed E-state index contributed by atoms with van der Waals surface area (Å²) in [6.07, 6.45) is 5.15. The van der Waals surface area contributed by atoms with Gasteiger partial charge < -0.3 is 18.9 Å². The number of nitrogens with zero attached hydrogens (tertiary/aromatic N) is 1. The van der Waals surface area contributed by atoms with E-state index in [9.17, 15) is 9.59 Å². The van der Waals surface area contributed by atoms with Crippen molar-refractivity contribution < 1.29 is 32.9 Å². The van der Waals surface area contributed by atoms with Crippen LogP contribution in [0.5, 0.6) is 17.2 Å². The predicted molar refractivity (Wildman–Crippen MR) is 177 cm³/mol. The second-order valence-electron chi connectivity index (χ2n) is 12.0. The molecule has 4 rings (SSSR count). The van der Waals surface area contributed by atoms with Crippen LogP contribution in [0.1, 0.15) is 61.6 Å². The fourth-order valence-corrected chi connectivity index (χ4v) is 6.22. The number of methoxy groups -OCH3 is 3. The van der Waals surface area contributed by atoms with Gasteiger partial charge in [-0.3, -0.25) is 9.69 Å². The maximum atomic E-state index is 16.7. The average Bonchev–Trinajstić information content (AvgIpc) is 3.31. The van der Waals surface area contributed by atoms with E-state index in [-0.39, 0.29) is 47.8 Å². The number of amides is 1. The van der Waals surface area contributed by atoms with E-state index in [0.29, 0.717) is 25.4 Å². The van der Waals surface area contributed by atoms with Crippen molar-refractivity contribution in [1.82, 2.24) is 4.90 Å². The zero-order valence-electron chi connectivity index (χ0n) is 27.2. The first kappa shape index (κ1) is 34.5. The van der Waals surface area contributed by atoms with Gasteiger partial charge in [0.2, 0.25) is 5.75 Å². The summed E-state index contributed by atoms with van der Waals surface area (Å²) in [7, 11) is 4.39. The number of alkyl halides is 1. The van der Waals surface area contributed by atoms with E-state index < -0.39 is 11.5 Å². The van der Waals surface area contributed by atoms with Crippen molar-refractivity contribution in [3.05, 3.63) is 102 Å². The molecule has 8 heteroatoms. The average molecular weight is 632 g/mol. The minimum absolute atomic E-state index is 0.0304. The number of allylic oxidation sites excluding steroid dienone is 1. The molecule has 0 bridgehead atoms. The topological polar surface area (TPSA) is 74.3 Å². The molecule has 1 aliphatic rings. The largest absolute Gasteiger partial charge is 0.493 e. The van der Waals surface area contributed by atoms with Gasteiger partial charge in [0.1, 0.15) is 0 Å². The van der Waals surface area contributed by atoms with Gasteiger partial charge in [-0.15, -0.1) is 6.58 Å². The van der Waals surface area contributed by atoms with Crippen molar-refractivity contribution in [2.24, 2.45) is 11.8 Å². The predicted octanol–water partition coefficient (Wildman–Crippen LogP) is 8.45. The Balaban J connectivity index is 1.37. The SMILES string of the molecule is C=CCC(F)(C(=O)CC1CCC[C@@H](COC(=O)N(Cc2ccccc2)Cc2ccccc2)CC1)c1cc(OC)c(OC)c(OC)c1. The number of Topliss-reactive ketones (excluding diaryl/α,β-unsaturated/α-hetero) is 1. The first-order chi connectivity index (χ1) is 22.3. The minimum atomic E-state index is -2.28. The van der Waals surface area contributed by atoms with Crippen molar-refractivity contribution >= 4 is 11.9 Å². The Morgan fingerprint density at radius 2 is 1.39 bits per heavy atom. The normalized spacial score (nSPS) is 17.6. The third kappa shape index (κ3) is 8.89. The molecular formula is C38H46FNO6. The summed E-state index contributed by atoms with van der Waals surface area (Å²) >= 11 is 0. The zero-order chi connectivity index (χ0) is 32.9. The lowest BCUT2D eigenvalue weighted by Crippen LogP contribution is -2.32. The zero-order valence-corrected chi connectivity index (χ0v) is 27.2. The molecule has 3 aromatic rings. The molecule has 0 spiro atoms. The van der Waals surface area contributed by atoms with E-state index in [0.717, 1.165) is 43.2 Å². The van der Waals surface area contributed by atoms with Crippen LogP contribution in [-0.4, -0.2) is 44.7 Å². The second-order valence-corrected chi connectivity index (χ2v) is 12.0. The Hall–Kier alpha value is -4.33. The Bertz CT molecular complexity index is 1370. The van der Waals surface area contributed by atoms with Gasteiger partial charge in [-0.05, 0) is 54.4 Å². The van der Waals surface area contributed by atoms with Crippen molar-refractivity contribution in [1.29, 1.82) is 0 Å². The summed E-state index contributed by atoms with van der Waals surface area (Å²) in [5.41, 5.74) is -0.0639. The van der Waals surface area contributed by atoms with E-state index in [2.05, 4.69) is 6.58 Å². The van der Waals surface area contributed by atoms with Gasteiger partial charge in [0.15, 0.2) is 23.0 Å². The molecule has 0 radical (unpaired) electrons. The van der Waals surface area contributed by atoms with Crippen LogP contribution in [0.3, 0.4) is 0 Å². The number of hydrogen-bond donors (Lipinski definition) is 0. The molecule has 3 atom stereocenters. The summed E-state index contributed by atoms with van der Waals surface area (Å²) in [6, 6.07) is 22.8. The Labute approximate surface area is 272 Å². The first-order valence-electron chi connectivity index (χ1n) is 15.9. The smallest absolute Gasteiger partial charge is 0.410 e. The fraction of sp³-hybridized carbons (Fsp3) is 0.421.